The van der Waals surface area contributed by atoms with Gasteiger partial charge in [-0.2, -0.15) is 13.2 Å². The van der Waals surface area contributed by atoms with Gasteiger partial charge in [0.2, 0.25) is 6.79 Å². The van der Waals surface area contributed by atoms with Gasteiger partial charge in [-0.3, -0.25) is 10.1 Å². The van der Waals surface area contributed by atoms with Gasteiger partial charge < -0.3 is 19.5 Å². The molecule has 1 aliphatic carbocycles. The van der Waals surface area contributed by atoms with E-state index in [1.165, 1.54) is 6.07 Å². The lowest BCUT2D eigenvalue weighted by atomic mass is 9.85. The molecule has 6 nitrogen and oxygen atoms in total. The van der Waals surface area contributed by atoms with Crippen LogP contribution in [-0.2, 0) is 20.4 Å². The van der Waals surface area contributed by atoms with Crippen molar-refractivity contribution < 1.29 is 32.5 Å². The van der Waals surface area contributed by atoms with Crippen LogP contribution in [0.1, 0.15) is 30.4 Å². The summed E-state index contributed by atoms with van der Waals surface area (Å²) in [5.74, 6) is -0.526. The Morgan fingerprint density at radius 3 is 2.60 bits per heavy atom. The SMILES string of the molecule is Brc1ccc(C2=COCO2)cc1.O=C(O)C1CCC2=C(C1)N(c1cccc(C(F)(F)F)c1)CNC2. The fourth-order valence-electron chi connectivity index (χ4n) is 4.19. The first-order valence-corrected chi connectivity index (χ1v) is 11.8. The minimum Gasteiger partial charge on any atom is -0.481 e. The molecule has 0 spiro atoms. The fourth-order valence-corrected chi connectivity index (χ4v) is 4.46. The number of ether oxygens (including phenoxy) is 2. The Hall–Kier alpha value is -2.98. The number of halogens is 4. The van der Waals surface area contributed by atoms with Crippen molar-refractivity contribution in [1.29, 1.82) is 0 Å². The Kier molecular flexibility index (Phi) is 7.71. The lowest BCUT2D eigenvalue weighted by molar-refractivity contribution is -0.142. The van der Waals surface area contributed by atoms with E-state index in [1.54, 1.807) is 17.2 Å². The number of anilines is 1. The Balaban J connectivity index is 0.000000201. The van der Waals surface area contributed by atoms with Crippen LogP contribution in [0, 0.1) is 5.92 Å². The summed E-state index contributed by atoms with van der Waals surface area (Å²) in [6, 6.07) is 13.0. The van der Waals surface area contributed by atoms with E-state index < -0.39 is 23.6 Å². The highest BCUT2D eigenvalue weighted by Gasteiger charge is 2.34. The Labute approximate surface area is 209 Å². The van der Waals surface area contributed by atoms with E-state index in [9.17, 15) is 23.1 Å². The first kappa shape index (κ1) is 25.1. The molecule has 35 heavy (non-hydrogen) atoms. The summed E-state index contributed by atoms with van der Waals surface area (Å²) < 4.78 is 49.9. The van der Waals surface area contributed by atoms with Crippen LogP contribution >= 0.6 is 15.9 Å². The van der Waals surface area contributed by atoms with E-state index in [0.717, 1.165) is 39.2 Å². The summed E-state index contributed by atoms with van der Waals surface area (Å²) in [6.45, 7) is 1.37. The van der Waals surface area contributed by atoms with Gasteiger partial charge in [0, 0.05) is 34.4 Å². The van der Waals surface area contributed by atoms with Crippen LogP contribution in [0.25, 0.3) is 5.76 Å². The highest BCUT2D eigenvalue weighted by Crippen LogP contribution is 2.37. The van der Waals surface area contributed by atoms with Gasteiger partial charge >= 0.3 is 12.1 Å². The van der Waals surface area contributed by atoms with E-state index in [-0.39, 0.29) is 0 Å². The number of benzene rings is 2. The molecule has 0 aromatic heterocycles. The van der Waals surface area contributed by atoms with Gasteiger partial charge in [-0.25, -0.2) is 0 Å². The molecule has 2 aromatic rings. The number of alkyl halides is 3. The van der Waals surface area contributed by atoms with Crippen molar-refractivity contribution in [2.45, 2.75) is 25.4 Å². The zero-order valence-electron chi connectivity index (χ0n) is 18.6. The fraction of sp³-hybridized carbons (Fsp3) is 0.320. The van der Waals surface area contributed by atoms with Crippen molar-refractivity contribution in [3.05, 3.63) is 81.7 Å². The van der Waals surface area contributed by atoms with Crippen LogP contribution in [0.4, 0.5) is 18.9 Å². The summed E-state index contributed by atoms with van der Waals surface area (Å²) in [5.41, 5.74) is 2.71. The second-order valence-electron chi connectivity index (χ2n) is 8.31. The maximum Gasteiger partial charge on any atom is 0.416 e. The molecule has 2 N–H and O–H groups in total. The summed E-state index contributed by atoms with van der Waals surface area (Å²) in [4.78, 5) is 13.0. The third-order valence-corrected chi connectivity index (χ3v) is 6.54. The van der Waals surface area contributed by atoms with E-state index in [0.29, 0.717) is 45.0 Å². The molecule has 1 atom stereocenters. The van der Waals surface area contributed by atoms with Gasteiger partial charge in [-0.1, -0.05) is 34.1 Å². The smallest absolute Gasteiger partial charge is 0.416 e. The predicted octanol–water partition coefficient (Wildman–Crippen LogP) is 5.96. The molecule has 0 amide bonds. The van der Waals surface area contributed by atoms with E-state index in [4.69, 9.17) is 9.47 Å². The van der Waals surface area contributed by atoms with Crippen molar-refractivity contribution in [1.82, 2.24) is 5.32 Å². The summed E-state index contributed by atoms with van der Waals surface area (Å²) in [5, 5.41) is 12.4. The lowest BCUT2D eigenvalue weighted by Crippen LogP contribution is -2.43. The highest BCUT2D eigenvalue weighted by molar-refractivity contribution is 9.10. The third-order valence-electron chi connectivity index (χ3n) is 6.01. The molecule has 3 aliphatic rings. The molecule has 0 fully saturated rings. The zero-order valence-corrected chi connectivity index (χ0v) is 20.2. The molecular weight excluding hydrogens is 529 g/mol. The number of nitrogens with one attached hydrogen (secondary N) is 1. The maximum atomic E-state index is 12.9. The molecule has 2 heterocycles. The summed E-state index contributed by atoms with van der Waals surface area (Å²) in [7, 11) is 0. The number of hydrogen-bond acceptors (Lipinski definition) is 5. The second kappa shape index (κ2) is 10.7. The average molecular weight is 553 g/mol. The van der Waals surface area contributed by atoms with Gasteiger partial charge in [-0.15, -0.1) is 0 Å². The van der Waals surface area contributed by atoms with Crippen LogP contribution in [0.2, 0.25) is 0 Å². The maximum absolute atomic E-state index is 12.9. The Morgan fingerprint density at radius 2 is 1.94 bits per heavy atom. The number of carboxylic acids is 1. The molecule has 0 radical (unpaired) electrons. The minimum atomic E-state index is -4.40. The molecule has 5 rings (SSSR count). The van der Waals surface area contributed by atoms with Crippen molar-refractivity contribution in [3.63, 3.8) is 0 Å². The summed E-state index contributed by atoms with van der Waals surface area (Å²) in [6.07, 6.45) is -1.17. The standard InChI is InChI=1S/C16H17F3N2O2.C9H7BrO2/c17-16(18,19)12-2-1-3-13(7-12)21-9-20-8-11-5-4-10(15(22)23)6-14(11)21;10-8-3-1-7(2-4-8)9-5-11-6-12-9/h1-3,7,10,20H,4-6,8-9H2,(H,22,23);1-5H,6H2. The van der Waals surface area contributed by atoms with Crippen molar-refractivity contribution in [2.24, 2.45) is 5.92 Å². The predicted molar refractivity (Wildman–Crippen MR) is 128 cm³/mol. The van der Waals surface area contributed by atoms with Gasteiger partial charge in [0.05, 0.1) is 18.2 Å². The molecule has 10 heteroatoms. The monoisotopic (exact) mass is 552 g/mol. The minimum absolute atomic E-state index is 0.325. The van der Waals surface area contributed by atoms with Crippen LogP contribution in [0.3, 0.4) is 0 Å². The Morgan fingerprint density at radius 1 is 1.17 bits per heavy atom. The first-order chi connectivity index (χ1) is 16.7. The summed E-state index contributed by atoms with van der Waals surface area (Å²) >= 11 is 3.36. The highest BCUT2D eigenvalue weighted by atomic mass is 79.9. The first-order valence-electron chi connectivity index (χ1n) is 11.0. The Bertz CT molecular complexity index is 1130. The topological polar surface area (TPSA) is 71.0 Å². The quantitative estimate of drug-likeness (QED) is 0.489. The number of allylic oxidation sites excluding steroid dienone is 1. The van der Waals surface area contributed by atoms with Crippen LogP contribution in [-0.4, -0.2) is 31.1 Å². The number of aliphatic carboxylic acids is 1. The van der Waals surface area contributed by atoms with Crippen LogP contribution in [0.15, 0.2) is 70.5 Å². The second-order valence-corrected chi connectivity index (χ2v) is 9.22. The molecule has 2 aromatic carbocycles. The molecule has 0 bridgehead atoms. The number of carboxylic acid groups (broad SMARTS) is 1. The third kappa shape index (κ3) is 6.18. The number of rotatable bonds is 3. The zero-order chi connectivity index (χ0) is 25.0. The van der Waals surface area contributed by atoms with Crippen molar-refractivity contribution >= 4 is 33.3 Å². The largest absolute Gasteiger partial charge is 0.481 e. The van der Waals surface area contributed by atoms with Crippen LogP contribution in [0.5, 0.6) is 0 Å². The van der Waals surface area contributed by atoms with Crippen molar-refractivity contribution in [3.8, 4) is 0 Å². The van der Waals surface area contributed by atoms with E-state index in [2.05, 4.69) is 21.2 Å². The van der Waals surface area contributed by atoms with Crippen LogP contribution < -0.4 is 10.2 Å². The number of hydrogen-bond donors (Lipinski definition) is 2. The number of carbonyl (C=O) groups is 1. The van der Waals surface area contributed by atoms with Gasteiger partial charge in [0.1, 0.15) is 6.26 Å². The molecule has 2 aliphatic heterocycles. The number of nitrogens with zero attached hydrogens (tertiary/aromatic N) is 1. The molecular formula is C25H24BrF3N2O4. The van der Waals surface area contributed by atoms with E-state index >= 15 is 0 Å². The average Bonchev–Trinajstić information content (AvgIpc) is 3.39. The van der Waals surface area contributed by atoms with Gasteiger partial charge in [0.15, 0.2) is 5.76 Å². The molecule has 0 saturated carbocycles. The van der Waals surface area contributed by atoms with Crippen molar-refractivity contribution in [2.75, 3.05) is 24.9 Å². The van der Waals surface area contributed by atoms with E-state index in [1.807, 2.05) is 24.3 Å². The molecule has 186 valence electrons. The lowest BCUT2D eigenvalue weighted by Gasteiger charge is -2.38. The van der Waals surface area contributed by atoms with Gasteiger partial charge in [-0.05, 0) is 48.7 Å². The molecule has 0 saturated heterocycles. The molecule has 1 unspecified atom stereocenters. The normalized spacial score (nSPS) is 19.6. The van der Waals surface area contributed by atoms with Gasteiger partial charge in [0.25, 0.3) is 0 Å².